The first kappa shape index (κ1) is 13.7. The summed E-state index contributed by atoms with van der Waals surface area (Å²) in [7, 11) is 0. The number of thioether (sulfide) groups is 1. The summed E-state index contributed by atoms with van der Waals surface area (Å²) >= 11 is 1.85. The number of piperidine rings is 1. The van der Waals surface area contributed by atoms with Crippen LogP contribution in [0, 0.1) is 17.8 Å². The van der Waals surface area contributed by atoms with E-state index in [0.29, 0.717) is 11.0 Å². The molecule has 3 nitrogen and oxygen atoms in total. The minimum Gasteiger partial charge on any atom is -0.355 e. The Morgan fingerprint density at radius 3 is 2.32 bits per heavy atom. The van der Waals surface area contributed by atoms with Gasteiger partial charge in [-0.3, -0.25) is 4.79 Å². The number of amides is 1. The smallest absolute Gasteiger partial charge is 0.230 e. The monoisotopic (exact) mass is 282 g/mol. The molecule has 3 aliphatic rings. The molecule has 2 N–H and O–H groups in total. The zero-order valence-corrected chi connectivity index (χ0v) is 12.5. The molecule has 2 saturated carbocycles. The van der Waals surface area contributed by atoms with Crippen LogP contribution in [-0.2, 0) is 4.79 Å². The van der Waals surface area contributed by atoms with Crippen LogP contribution in [0.25, 0.3) is 0 Å². The fourth-order valence-electron chi connectivity index (χ4n) is 3.21. The van der Waals surface area contributed by atoms with Crippen LogP contribution in [0.2, 0.25) is 0 Å². The average Bonchev–Trinajstić information content (AvgIpc) is 3.30. The Balaban J connectivity index is 1.31. The maximum atomic E-state index is 11.9. The number of hydrogen-bond donors (Lipinski definition) is 2. The summed E-state index contributed by atoms with van der Waals surface area (Å²) in [5.74, 6) is 3.59. The van der Waals surface area contributed by atoms with Crippen molar-refractivity contribution >= 4 is 17.7 Å². The highest BCUT2D eigenvalue weighted by atomic mass is 32.2. The molecular weight excluding hydrogens is 256 g/mol. The van der Waals surface area contributed by atoms with Crippen LogP contribution < -0.4 is 10.6 Å². The van der Waals surface area contributed by atoms with Crippen LogP contribution >= 0.6 is 11.8 Å². The topological polar surface area (TPSA) is 41.1 Å². The summed E-state index contributed by atoms with van der Waals surface area (Å²) < 4.78 is 0. The first-order chi connectivity index (χ1) is 9.33. The molecule has 0 atom stereocenters. The second-order valence-corrected chi connectivity index (χ2v) is 7.69. The molecule has 0 spiro atoms. The quantitative estimate of drug-likeness (QED) is 0.750. The Morgan fingerprint density at radius 1 is 1.11 bits per heavy atom. The minimum absolute atomic E-state index is 0.259. The molecule has 4 heteroatoms. The Bertz CT molecular complexity index is 297. The molecule has 2 aliphatic carbocycles. The van der Waals surface area contributed by atoms with Gasteiger partial charge in [0, 0.05) is 11.8 Å². The van der Waals surface area contributed by atoms with Crippen molar-refractivity contribution in [3.05, 3.63) is 0 Å². The molecule has 19 heavy (non-hydrogen) atoms. The molecule has 0 aromatic heterocycles. The lowest BCUT2D eigenvalue weighted by molar-refractivity contribution is -0.118. The molecule has 1 heterocycles. The van der Waals surface area contributed by atoms with E-state index >= 15 is 0 Å². The Hall–Kier alpha value is -0.220. The standard InChI is InChI=1S/C15H26N2OS/c18-15(10-19-13-5-7-16-8-6-13)17-9-14(11-1-2-11)12-3-4-12/h11-14,16H,1-10H2,(H,17,18). The van der Waals surface area contributed by atoms with Crippen LogP contribution in [-0.4, -0.2) is 36.5 Å². The van der Waals surface area contributed by atoms with Gasteiger partial charge in [-0.2, -0.15) is 0 Å². The summed E-state index contributed by atoms with van der Waals surface area (Å²) in [6.45, 7) is 3.18. The number of hydrogen-bond acceptors (Lipinski definition) is 3. The van der Waals surface area contributed by atoms with E-state index < -0.39 is 0 Å². The zero-order valence-electron chi connectivity index (χ0n) is 11.7. The molecule has 1 aliphatic heterocycles. The number of rotatable bonds is 7. The Kier molecular flexibility index (Phi) is 4.69. The van der Waals surface area contributed by atoms with Crippen LogP contribution in [0.15, 0.2) is 0 Å². The molecule has 0 unspecified atom stereocenters. The van der Waals surface area contributed by atoms with E-state index in [0.717, 1.165) is 37.4 Å². The van der Waals surface area contributed by atoms with E-state index in [1.54, 1.807) is 0 Å². The molecule has 108 valence electrons. The lowest BCUT2D eigenvalue weighted by Crippen LogP contribution is -2.34. The van der Waals surface area contributed by atoms with Crippen LogP contribution in [0.1, 0.15) is 38.5 Å². The summed E-state index contributed by atoms with van der Waals surface area (Å²) in [5.41, 5.74) is 0. The molecule has 1 amide bonds. The van der Waals surface area contributed by atoms with Gasteiger partial charge in [0.2, 0.25) is 5.91 Å². The third-order valence-electron chi connectivity index (χ3n) is 4.73. The summed E-state index contributed by atoms with van der Waals surface area (Å²) in [6.07, 6.45) is 8.04. The van der Waals surface area contributed by atoms with Crippen molar-refractivity contribution < 1.29 is 4.79 Å². The van der Waals surface area contributed by atoms with Gasteiger partial charge < -0.3 is 10.6 Å². The van der Waals surface area contributed by atoms with Gasteiger partial charge in [0.1, 0.15) is 0 Å². The fourth-order valence-corrected chi connectivity index (χ4v) is 4.26. The predicted octanol–water partition coefficient (Wildman–Crippen LogP) is 2.02. The fraction of sp³-hybridized carbons (Fsp3) is 0.933. The van der Waals surface area contributed by atoms with Gasteiger partial charge in [-0.25, -0.2) is 0 Å². The maximum absolute atomic E-state index is 11.9. The highest BCUT2D eigenvalue weighted by Crippen LogP contribution is 2.48. The van der Waals surface area contributed by atoms with E-state index in [1.165, 1.54) is 38.5 Å². The third kappa shape index (κ3) is 4.38. The minimum atomic E-state index is 0.259. The second kappa shape index (κ2) is 6.49. The Labute approximate surface area is 120 Å². The molecule has 1 saturated heterocycles. The van der Waals surface area contributed by atoms with E-state index in [1.807, 2.05) is 11.8 Å². The first-order valence-electron chi connectivity index (χ1n) is 7.92. The van der Waals surface area contributed by atoms with Gasteiger partial charge >= 0.3 is 0 Å². The van der Waals surface area contributed by atoms with E-state index in [9.17, 15) is 4.79 Å². The molecule has 0 radical (unpaired) electrons. The van der Waals surface area contributed by atoms with Crippen molar-refractivity contribution in [2.24, 2.45) is 17.8 Å². The molecule has 0 aromatic rings. The molecule has 0 aromatic carbocycles. The normalized spacial score (nSPS) is 24.7. The van der Waals surface area contributed by atoms with Crippen LogP contribution in [0.4, 0.5) is 0 Å². The number of nitrogens with one attached hydrogen (secondary N) is 2. The second-order valence-electron chi connectivity index (χ2n) is 6.40. The zero-order chi connectivity index (χ0) is 13.1. The van der Waals surface area contributed by atoms with Crippen molar-refractivity contribution in [1.29, 1.82) is 0 Å². The SMILES string of the molecule is O=C(CSC1CCNCC1)NCC(C1CC1)C1CC1. The van der Waals surface area contributed by atoms with Gasteiger partial charge in [-0.05, 0) is 69.4 Å². The number of carbonyl (C=O) groups excluding carboxylic acids is 1. The van der Waals surface area contributed by atoms with Crippen molar-refractivity contribution in [2.45, 2.75) is 43.8 Å². The molecule has 0 bridgehead atoms. The molecule has 3 rings (SSSR count). The molecular formula is C15H26N2OS. The van der Waals surface area contributed by atoms with Gasteiger partial charge in [-0.1, -0.05) is 0 Å². The van der Waals surface area contributed by atoms with E-state index in [4.69, 9.17) is 0 Å². The van der Waals surface area contributed by atoms with Gasteiger partial charge in [0.05, 0.1) is 5.75 Å². The third-order valence-corrected chi connectivity index (χ3v) is 6.10. The van der Waals surface area contributed by atoms with Crippen LogP contribution in [0.5, 0.6) is 0 Å². The van der Waals surface area contributed by atoms with Crippen molar-refractivity contribution in [3.63, 3.8) is 0 Å². The first-order valence-corrected chi connectivity index (χ1v) is 8.97. The summed E-state index contributed by atoms with van der Waals surface area (Å²) in [6, 6.07) is 0. The maximum Gasteiger partial charge on any atom is 0.230 e. The average molecular weight is 282 g/mol. The highest BCUT2D eigenvalue weighted by Gasteiger charge is 2.41. The number of carbonyl (C=O) groups is 1. The van der Waals surface area contributed by atoms with Gasteiger partial charge in [0.15, 0.2) is 0 Å². The van der Waals surface area contributed by atoms with Crippen molar-refractivity contribution in [1.82, 2.24) is 10.6 Å². The molecule has 3 fully saturated rings. The lowest BCUT2D eigenvalue weighted by Gasteiger charge is -2.22. The van der Waals surface area contributed by atoms with Gasteiger partial charge in [-0.15, -0.1) is 11.8 Å². The van der Waals surface area contributed by atoms with Crippen molar-refractivity contribution in [2.75, 3.05) is 25.4 Å². The van der Waals surface area contributed by atoms with E-state index in [-0.39, 0.29) is 5.91 Å². The predicted molar refractivity (Wildman–Crippen MR) is 80.3 cm³/mol. The van der Waals surface area contributed by atoms with Crippen LogP contribution in [0.3, 0.4) is 0 Å². The summed E-state index contributed by atoms with van der Waals surface area (Å²) in [4.78, 5) is 11.9. The van der Waals surface area contributed by atoms with Gasteiger partial charge in [0.25, 0.3) is 0 Å². The Morgan fingerprint density at radius 2 is 1.74 bits per heavy atom. The van der Waals surface area contributed by atoms with E-state index in [2.05, 4.69) is 10.6 Å². The largest absolute Gasteiger partial charge is 0.355 e. The van der Waals surface area contributed by atoms with Crippen molar-refractivity contribution in [3.8, 4) is 0 Å². The lowest BCUT2D eigenvalue weighted by atomic mass is 9.98. The summed E-state index contributed by atoms with van der Waals surface area (Å²) in [5, 5.41) is 7.25. The highest BCUT2D eigenvalue weighted by molar-refractivity contribution is 8.00.